The molecule has 0 aliphatic heterocycles. The van der Waals surface area contributed by atoms with Gasteiger partial charge in [-0.25, -0.2) is 4.98 Å². The molecule has 0 aliphatic carbocycles. The van der Waals surface area contributed by atoms with Crippen molar-refractivity contribution in [3.63, 3.8) is 0 Å². The number of nitrogens with one attached hydrogen (secondary N) is 1. The number of anilines is 3. The van der Waals surface area contributed by atoms with Gasteiger partial charge in [0.15, 0.2) is 11.5 Å². The predicted molar refractivity (Wildman–Crippen MR) is 103 cm³/mol. The molecule has 2 N–H and O–H groups in total. The van der Waals surface area contributed by atoms with Crippen LogP contribution in [0.5, 0.6) is 11.5 Å². The van der Waals surface area contributed by atoms with Crippen molar-refractivity contribution in [1.29, 1.82) is 0 Å². The van der Waals surface area contributed by atoms with E-state index in [1.807, 2.05) is 54.4 Å². The first kappa shape index (κ1) is 17.8. The number of methoxy groups -OCH3 is 2. The van der Waals surface area contributed by atoms with Crippen LogP contribution in [0.2, 0.25) is 0 Å². The number of hydrogen-bond acceptors (Lipinski definition) is 7. The number of fused-ring (bicyclic) bond motifs is 1. The van der Waals surface area contributed by atoms with Crippen molar-refractivity contribution in [3.05, 3.63) is 42.5 Å². The minimum atomic E-state index is 0.0110. The number of para-hydroxylation sites is 1. The maximum Gasteiger partial charge on any atom is 0.225 e. The molecule has 0 radical (unpaired) electrons. The fourth-order valence-corrected chi connectivity index (χ4v) is 2.72. The minimum Gasteiger partial charge on any atom is -0.493 e. The first-order chi connectivity index (χ1) is 12.7. The minimum absolute atomic E-state index is 0.0110. The summed E-state index contributed by atoms with van der Waals surface area (Å²) in [6.45, 7) is 0.398. The molecule has 0 amide bonds. The predicted octanol–water partition coefficient (Wildman–Crippen LogP) is 2.82. The van der Waals surface area contributed by atoms with Gasteiger partial charge in [0.1, 0.15) is 5.82 Å². The maximum absolute atomic E-state index is 9.05. The highest BCUT2D eigenvalue weighted by atomic mass is 16.5. The summed E-state index contributed by atoms with van der Waals surface area (Å²) in [4.78, 5) is 11.1. The molecule has 7 heteroatoms. The molecule has 2 aromatic carbocycles. The number of aliphatic hydroxyl groups is 1. The molecular weight excluding hydrogens is 332 g/mol. The van der Waals surface area contributed by atoms with E-state index in [2.05, 4.69) is 15.3 Å². The molecule has 0 bridgehead atoms. The van der Waals surface area contributed by atoms with Crippen LogP contribution >= 0.6 is 0 Å². The first-order valence-electron chi connectivity index (χ1n) is 8.25. The summed E-state index contributed by atoms with van der Waals surface area (Å²) in [5.41, 5.74) is 1.73. The lowest BCUT2D eigenvalue weighted by Gasteiger charge is -2.22. The topological polar surface area (TPSA) is 79.7 Å². The average molecular weight is 354 g/mol. The second kappa shape index (κ2) is 7.88. The molecule has 1 heterocycles. The number of rotatable bonds is 7. The van der Waals surface area contributed by atoms with E-state index >= 15 is 0 Å². The summed E-state index contributed by atoms with van der Waals surface area (Å²) >= 11 is 0. The Kier molecular flexibility index (Phi) is 5.38. The lowest BCUT2D eigenvalue weighted by Crippen LogP contribution is -2.15. The van der Waals surface area contributed by atoms with Crippen molar-refractivity contribution in [2.24, 2.45) is 0 Å². The molecule has 1 aromatic heterocycles. The van der Waals surface area contributed by atoms with Gasteiger partial charge in [-0.05, 0) is 24.3 Å². The van der Waals surface area contributed by atoms with Crippen LogP contribution in [0.3, 0.4) is 0 Å². The molecule has 0 fully saturated rings. The van der Waals surface area contributed by atoms with E-state index in [4.69, 9.17) is 14.6 Å². The molecule has 0 unspecified atom stereocenters. The monoisotopic (exact) mass is 354 g/mol. The Balaban J connectivity index is 2.08. The van der Waals surface area contributed by atoms with Gasteiger partial charge >= 0.3 is 0 Å². The smallest absolute Gasteiger partial charge is 0.225 e. The van der Waals surface area contributed by atoms with Crippen molar-refractivity contribution in [1.82, 2.24) is 9.97 Å². The number of nitrogens with zero attached hydrogens (tertiary/aromatic N) is 3. The summed E-state index contributed by atoms with van der Waals surface area (Å²) in [7, 11) is 5.16. The Morgan fingerprint density at radius 2 is 1.81 bits per heavy atom. The average Bonchev–Trinajstić information content (AvgIpc) is 2.70. The van der Waals surface area contributed by atoms with Crippen molar-refractivity contribution >= 4 is 28.4 Å². The molecule has 0 spiro atoms. The third-order valence-electron chi connectivity index (χ3n) is 4.05. The van der Waals surface area contributed by atoms with Gasteiger partial charge in [0.25, 0.3) is 0 Å². The molecule has 0 atom stereocenters. The fraction of sp³-hybridized carbons (Fsp3) is 0.263. The Labute approximate surface area is 152 Å². The SMILES string of the molecule is COc1ccc(N(C)c2nc(NCCO)nc3ccccc23)cc1OC. The zero-order valence-corrected chi connectivity index (χ0v) is 15.1. The van der Waals surface area contributed by atoms with E-state index in [0.29, 0.717) is 24.0 Å². The van der Waals surface area contributed by atoms with E-state index in [0.717, 1.165) is 22.4 Å². The number of aliphatic hydroxyl groups excluding tert-OH is 1. The van der Waals surface area contributed by atoms with E-state index in [1.54, 1.807) is 14.2 Å². The largest absolute Gasteiger partial charge is 0.493 e. The lowest BCUT2D eigenvalue weighted by atomic mass is 10.2. The van der Waals surface area contributed by atoms with Crippen LogP contribution in [-0.4, -0.2) is 49.5 Å². The summed E-state index contributed by atoms with van der Waals surface area (Å²) in [5.74, 6) is 2.54. The van der Waals surface area contributed by atoms with Crippen LogP contribution in [-0.2, 0) is 0 Å². The maximum atomic E-state index is 9.05. The normalized spacial score (nSPS) is 10.6. The van der Waals surface area contributed by atoms with Gasteiger partial charge in [0.05, 0.1) is 26.3 Å². The van der Waals surface area contributed by atoms with E-state index in [1.165, 1.54) is 0 Å². The Morgan fingerprint density at radius 3 is 2.54 bits per heavy atom. The summed E-state index contributed by atoms with van der Waals surface area (Å²) < 4.78 is 10.7. The molecule has 0 saturated heterocycles. The third-order valence-corrected chi connectivity index (χ3v) is 4.05. The highest BCUT2D eigenvalue weighted by molar-refractivity contribution is 5.92. The lowest BCUT2D eigenvalue weighted by molar-refractivity contribution is 0.311. The zero-order valence-electron chi connectivity index (χ0n) is 15.1. The fourth-order valence-electron chi connectivity index (χ4n) is 2.72. The molecule has 7 nitrogen and oxygen atoms in total. The van der Waals surface area contributed by atoms with Crippen LogP contribution in [0.4, 0.5) is 17.5 Å². The van der Waals surface area contributed by atoms with E-state index in [9.17, 15) is 0 Å². The number of aromatic nitrogens is 2. The second-order valence-electron chi connectivity index (χ2n) is 5.64. The number of benzene rings is 2. The first-order valence-corrected chi connectivity index (χ1v) is 8.25. The Hall–Kier alpha value is -3.06. The van der Waals surface area contributed by atoms with Gasteiger partial charge in [0.2, 0.25) is 5.95 Å². The Bertz CT molecular complexity index is 901. The van der Waals surface area contributed by atoms with Crippen LogP contribution in [0.25, 0.3) is 10.9 Å². The molecule has 0 aliphatic rings. The summed E-state index contributed by atoms with van der Waals surface area (Å²) in [6.07, 6.45) is 0. The molecule has 3 aromatic rings. The number of hydrogen-bond donors (Lipinski definition) is 2. The molecule has 3 rings (SSSR count). The molecule has 26 heavy (non-hydrogen) atoms. The molecular formula is C19H22N4O3. The zero-order chi connectivity index (χ0) is 18.5. The van der Waals surface area contributed by atoms with Gasteiger partial charge in [-0.2, -0.15) is 4.98 Å². The highest BCUT2D eigenvalue weighted by Gasteiger charge is 2.15. The van der Waals surface area contributed by atoms with Gasteiger partial charge in [-0.1, -0.05) is 12.1 Å². The van der Waals surface area contributed by atoms with Crippen LogP contribution < -0.4 is 19.7 Å². The summed E-state index contributed by atoms with van der Waals surface area (Å²) in [5, 5.41) is 13.0. The van der Waals surface area contributed by atoms with E-state index < -0.39 is 0 Å². The quantitative estimate of drug-likeness (QED) is 0.675. The second-order valence-corrected chi connectivity index (χ2v) is 5.64. The standard InChI is InChI=1S/C19H22N4O3/c1-23(13-8-9-16(25-2)17(12-13)26-3)18-14-6-4-5-7-15(14)21-19(22-18)20-10-11-24/h4-9,12,24H,10-11H2,1-3H3,(H,20,21,22). The van der Waals surface area contributed by atoms with Crippen LogP contribution in [0.1, 0.15) is 0 Å². The Morgan fingerprint density at radius 1 is 1.04 bits per heavy atom. The molecule has 0 saturated carbocycles. The van der Waals surface area contributed by atoms with Gasteiger partial charge in [-0.15, -0.1) is 0 Å². The van der Waals surface area contributed by atoms with E-state index in [-0.39, 0.29) is 6.61 Å². The van der Waals surface area contributed by atoms with Crippen LogP contribution in [0.15, 0.2) is 42.5 Å². The van der Waals surface area contributed by atoms with Gasteiger partial charge in [0, 0.05) is 30.7 Å². The van der Waals surface area contributed by atoms with Crippen molar-refractivity contribution in [2.45, 2.75) is 0 Å². The third kappa shape index (κ3) is 3.48. The van der Waals surface area contributed by atoms with Crippen molar-refractivity contribution < 1.29 is 14.6 Å². The van der Waals surface area contributed by atoms with Crippen LogP contribution in [0, 0.1) is 0 Å². The van der Waals surface area contributed by atoms with Gasteiger partial charge in [-0.3, -0.25) is 0 Å². The van der Waals surface area contributed by atoms with Gasteiger partial charge < -0.3 is 24.8 Å². The van der Waals surface area contributed by atoms with Crippen molar-refractivity contribution in [2.75, 3.05) is 44.6 Å². The van der Waals surface area contributed by atoms with Crippen molar-refractivity contribution in [3.8, 4) is 11.5 Å². The highest BCUT2D eigenvalue weighted by Crippen LogP contribution is 2.35. The summed E-state index contributed by atoms with van der Waals surface area (Å²) in [6, 6.07) is 13.5. The molecule has 136 valence electrons. The number of ether oxygens (including phenoxy) is 2.